The topological polar surface area (TPSA) is 46.5 Å². The molecule has 3 aromatic carbocycles. The van der Waals surface area contributed by atoms with E-state index in [2.05, 4.69) is 0 Å². The van der Waals surface area contributed by atoms with Crippen molar-refractivity contribution in [1.82, 2.24) is 0 Å². The molecular formula is C20H16O3. The average molecular weight is 304 g/mol. The smallest absolute Gasteiger partial charge is 0.307 e. The first-order valence-corrected chi connectivity index (χ1v) is 7.35. The molecule has 0 spiro atoms. The second-order valence-corrected chi connectivity index (χ2v) is 5.18. The third-order valence-electron chi connectivity index (χ3n) is 3.48. The van der Waals surface area contributed by atoms with E-state index in [9.17, 15) is 4.79 Å². The molecule has 0 aliphatic heterocycles. The fourth-order valence-electron chi connectivity index (χ4n) is 2.39. The van der Waals surface area contributed by atoms with Crippen molar-refractivity contribution in [2.24, 2.45) is 0 Å². The molecule has 0 unspecified atom stereocenters. The summed E-state index contributed by atoms with van der Waals surface area (Å²) in [5, 5.41) is 8.84. The van der Waals surface area contributed by atoms with Crippen LogP contribution in [0.1, 0.15) is 5.56 Å². The molecule has 0 aromatic heterocycles. The lowest BCUT2D eigenvalue weighted by Gasteiger charge is -2.11. The Morgan fingerprint density at radius 2 is 1.48 bits per heavy atom. The van der Waals surface area contributed by atoms with Crippen LogP contribution in [0.4, 0.5) is 0 Å². The van der Waals surface area contributed by atoms with E-state index < -0.39 is 5.97 Å². The van der Waals surface area contributed by atoms with Gasteiger partial charge in [-0.05, 0) is 29.3 Å². The highest BCUT2D eigenvalue weighted by molar-refractivity contribution is 5.73. The minimum Gasteiger partial charge on any atom is -0.481 e. The third kappa shape index (κ3) is 3.77. The van der Waals surface area contributed by atoms with Crippen LogP contribution in [0.25, 0.3) is 11.1 Å². The van der Waals surface area contributed by atoms with Crippen molar-refractivity contribution in [3.05, 3.63) is 84.4 Å². The van der Waals surface area contributed by atoms with Gasteiger partial charge < -0.3 is 9.84 Å². The summed E-state index contributed by atoms with van der Waals surface area (Å²) < 4.78 is 5.96. The minimum absolute atomic E-state index is 0.0302. The van der Waals surface area contributed by atoms with Gasteiger partial charge in [-0.2, -0.15) is 0 Å². The van der Waals surface area contributed by atoms with Gasteiger partial charge in [0.2, 0.25) is 0 Å². The van der Waals surface area contributed by atoms with Crippen molar-refractivity contribution < 1.29 is 14.6 Å². The molecule has 114 valence electrons. The predicted molar refractivity (Wildman–Crippen MR) is 89.7 cm³/mol. The summed E-state index contributed by atoms with van der Waals surface area (Å²) in [6.07, 6.45) is 0.0302. The monoisotopic (exact) mass is 304 g/mol. The number of carbonyl (C=O) groups is 1. The van der Waals surface area contributed by atoms with E-state index >= 15 is 0 Å². The van der Waals surface area contributed by atoms with Crippen molar-refractivity contribution in [3.8, 4) is 22.6 Å². The second-order valence-electron chi connectivity index (χ2n) is 5.18. The van der Waals surface area contributed by atoms with Crippen molar-refractivity contribution >= 4 is 5.97 Å². The normalized spacial score (nSPS) is 10.3. The quantitative estimate of drug-likeness (QED) is 0.738. The summed E-state index contributed by atoms with van der Waals surface area (Å²) in [6, 6.07) is 24.9. The highest BCUT2D eigenvalue weighted by Gasteiger charge is 2.07. The Bertz CT molecular complexity index is 793. The zero-order valence-electron chi connectivity index (χ0n) is 12.5. The van der Waals surface area contributed by atoms with Crippen molar-refractivity contribution in [3.63, 3.8) is 0 Å². The number of rotatable bonds is 5. The van der Waals surface area contributed by atoms with E-state index in [0.717, 1.165) is 28.2 Å². The van der Waals surface area contributed by atoms with Crippen LogP contribution in [0.15, 0.2) is 78.9 Å². The molecule has 23 heavy (non-hydrogen) atoms. The van der Waals surface area contributed by atoms with Crippen LogP contribution < -0.4 is 4.74 Å². The Hall–Kier alpha value is -3.07. The number of ether oxygens (including phenoxy) is 1. The number of carboxylic acid groups (broad SMARTS) is 1. The number of benzene rings is 3. The Morgan fingerprint density at radius 3 is 2.17 bits per heavy atom. The second kappa shape index (κ2) is 6.79. The van der Waals surface area contributed by atoms with Crippen LogP contribution >= 0.6 is 0 Å². The maximum Gasteiger partial charge on any atom is 0.307 e. The molecule has 0 amide bonds. The summed E-state index contributed by atoms with van der Waals surface area (Å²) in [7, 11) is 0. The zero-order valence-corrected chi connectivity index (χ0v) is 12.5. The molecule has 0 aliphatic rings. The lowest BCUT2D eigenvalue weighted by Crippen LogP contribution is -1.99. The van der Waals surface area contributed by atoms with E-state index in [0.29, 0.717) is 0 Å². The maximum atomic E-state index is 10.8. The Morgan fingerprint density at radius 1 is 0.826 bits per heavy atom. The van der Waals surface area contributed by atoms with Gasteiger partial charge in [-0.25, -0.2) is 0 Å². The number of hydrogen-bond donors (Lipinski definition) is 1. The summed E-state index contributed by atoms with van der Waals surface area (Å²) in [5.74, 6) is 0.720. The molecule has 0 fully saturated rings. The molecule has 3 rings (SSSR count). The largest absolute Gasteiger partial charge is 0.481 e. The van der Waals surface area contributed by atoms with Gasteiger partial charge in [-0.3, -0.25) is 4.79 Å². The average Bonchev–Trinajstić information content (AvgIpc) is 2.57. The molecule has 1 N–H and O–H groups in total. The van der Waals surface area contributed by atoms with Crippen LogP contribution in [0.2, 0.25) is 0 Å². The van der Waals surface area contributed by atoms with Gasteiger partial charge in [0.05, 0.1) is 6.42 Å². The maximum absolute atomic E-state index is 10.8. The fraction of sp³-hybridized carbons (Fsp3) is 0.0500. The molecule has 0 radical (unpaired) electrons. The van der Waals surface area contributed by atoms with E-state index in [1.165, 1.54) is 0 Å². The molecular weight excluding hydrogens is 288 g/mol. The Balaban J connectivity index is 1.89. The first-order chi connectivity index (χ1) is 11.2. The lowest BCUT2D eigenvalue weighted by molar-refractivity contribution is -0.136. The van der Waals surface area contributed by atoms with Crippen molar-refractivity contribution in [1.29, 1.82) is 0 Å². The lowest BCUT2D eigenvalue weighted by atomic mass is 10.0. The predicted octanol–water partition coefficient (Wildman–Crippen LogP) is 4.77. The molecule has 3 heteroatoms. The molecule has 0 aliphatic carbocycles. The fourth-order valence-corrected chi connectivity index (χ4v) is 2.39. The van der Waals surface area contributed by atoms with Crippen molar-refractivity contribution in [2.45, 2.75) is 6.42 Å². The standard InChI is InChI=1S/C20H16O3/c21-20(22)14-15-10-12-16(13-11-15)18-8-4-5-9-19(18)23-17-6-2-1-3-7-17/h1-13H,14H2,(H,21,22). The third-order valence-corrected chi connectivity index (χ3v) is 3.48. The van der Waals surface area contributed by atoms with E-state index in [-0.39, 0.29) is 6.42 Å². The van der Waals surface area contributed by atoms with Gasteiger partial charge in [0.15, 0.2) is 0 Å². The van der Waals surface area contributed by atoms with Gasteiger partial charge >= 0.3 is 5.97 Å². The Kier molecular flexibility index (Phi) is 4.39. The van der Waals surface area contributed by atoms with Gasteiger partial charge in [-0.1, -0.05) is 60.7 Å². The molecule has 0 saturated heterocycles. The molecule has 3 aromatic rings. The zero-order chi connectivity index (χ0) is 16.1. The molecule has 3 nitrogen and oxygen atoms in total. The summed E-state index contributed by atoms with van der Waals surface area (Å²) in [5.41, 5.74) is 2.74. The van der Waals surface area contributed by atoms with E-state index in [1.54, 1.807) is 0 Å². The van der Waals surface area contributed by atoms with Crippen LogP contribution in [-0.4, -0.2) is 11.1 Å². The highest BCUT2D eigenvalue weighted by atomic mass is 16.5. The first-order valence-electron chi connectivity index (χ1n) is 7.35. The first kappa shape index (κ1) is 14.9. The Labute approximate surface area is 134 Å². The summed E-state index contributed by atoms with van der Waals surface area (Å²) in [4.78, 5) is 10.8. The van der Waals surface area contributed by atoms with E-state index in [1.807, 2.05) is 78.9 Å². The molecule has 0 saturated carbocycles. The van der Waals surface area contributed by atoms with Gasteiger partial charge in [0, 0.05) is 5.56 Å². The molecule has 0 atom stereocenters. The summed E-state index contributed by atoms with van der Waals surface area (Å²) >= 11 is 0. The van der Waals surface area contributed by atoms with Crippen LogP contribution in [0.5, 0.6) is 11.5 Å². The SMILES string of the molecule is O=C(O)Cc1ccc(-c2ccccc2Oc2ccccc2)cc1. The number of hydrogen-bond acceptors (Lipinski definition) is 2. The number of para-hydroxylation sites is 2. The van der Waals surface area contributed by atoms with Gasteiger partial charge in [-0.15, -0.1) is 0 Å². The van der Waals surface area contributed by atoms with Gasteiger partial charge in [0.25, 0.3) is 0 Å². The van der Waals surface area contributed by atoms with Crippen molar-refractivity contribution in [2.75, 3.05) is 0 Å². The molecule has 0 heterocycles. The molecule has 0 bridgehead atoms. The van der Waals surface area contributed by atoms with Gasteiger partial charge in [0.1, 0.15) is 11.5 Å². The van der Waals surface area contributed by atoms with E-state index in [4.69, 9.17) is 9.84 Å². The van der Waals surface area contributed by atoms with Crippen LogP contribution in [0, 0.1) is 0 Å². The summed E-state index contributed by atoms with van der Waals surface area (Å²) in [6.45, 7) is 0. The number of aliphatic carboxylic acids is 1. The highest BCUT2D eigenvalue weighted by Crippen LogP contribution is 2.33. The van der Waals surface area contributed by atoms with Crippen LogP contribution in [-0.2, 0) is 11.2 Å². The number of carboxylic acids is 1. The minimum atomic E-state index is -0.828. The van der Waals surface area contributed by atoms with Crippen LogP contribution in [0.3, 0.4) is 0 Å².